The topological polar surface area (TPSA) is 98.9 Å². The van der Waals surface area contributed by atoms with E-state index in [1.807, 2.05) is 0 Å². The zero-order valence-corrected chi connectivity index (χ0v) is 9.22. The molecule has 1 N–H and O–H groups in total. The number of carboxylic acid groups (broad SMARTS) is 1. The van der Waals surface area contributed by atoms with Gasteiger partial charge in [0.25, 0.3) is 0 Å². The first-order valence-corrected chi connectivity index (χ1v) is 4.51. The number of nitro groups is 1. The molecule has 0 aromatic heterocycles. The SMILES string of the molecule is COc1c(C(=O)O)cc(OC(F)(F)F)cc1[N+](=O)[O-]. The molecule has 19 heavy (non-hydrogen) atoms. The number of carbonyl (C=O) groups is 1. The van der Waals surface area contributed by atoms with Crippen molar-refractivity contribution in [3.05, 3.63) is 27.8 Å². The number of carboxylic acids is 1. The molecule has 0 aliphatic carbocycles. The van der Waals surface area contributed by atoms with E-state index in [9.17, 15) is 28.1 Å². The number of rotatable bonds is 4. The normalized spacial score (nSPS) is 10.9. The number of nitro benzene ring substituents is 1. The van der Waals surface area contributed by atoms with Crippen LogP contribution in [0, 0.1) is 10.1 Å². The molecule has 0 aliphatic rings. The minimum Gasteiger partial charge on any atom is -0.490 e. The molecule has 0 amide bonds. The van der Waals surface area contributed by atoms with Gasteiger partial charge in [-0.05, 0) is 6.07 Å². The molecule has 0 radical (unpaired) electrons. The Kier molecular flexibility index (Phi) is 3.83. The Morgan fingerprint density at radius 2 is 2.00 bits per heavy atom. The van der Waals surface area contributed by atoms with Crippen LogP contribution in [0.25, 0.3) is 0 Å². The van der Waals surface area contributed by atoms with Crippen molar-refractivity contribution in [3.8, 4) is 11.5 Å². The second-order valence-electron chi connectivity index (χ2n) is 3.13. The lowest BCUT2D eigenvalue weighted by molar-refractivity contribution is -0.386. The number of alkyl halides is 3. The van der Waals surface area contributed by atoms with Gasteiger partial charge in [0.15, 0.2) is 0 Å². The number of halogens is 3. The first-order valence-electron chi connectivity index (χ1n) is 4.51. The molecule has 10 heteroatoms. The van der Waals surface area contributed by atoms with Crippen molar-refractivity contribution in [1.29, 1.82) is 0 Å². The Bertz CT molecular complexity index is 492. The molecule has 0 unspecified atom stereocenters. The van der Waals surface area contributed by atoms with Gasteiger partial charge in [0.05, 0.1) is 18.1 Å². The molecule has 0 fully saturated rings. The predicted molar refractivity (Wildman–Crippen MR) is 53.3 cm³/mol. The van der Waals surface area contributed by atoms with E-state index < -0.39 is 40.0 Å². The lowest BCUT2D eigenvalue weighted by Crippen LogP contribution is -2.18. The Morgan fingerprint density at radius 3 is 2.37 bits per heavy atom. The maximum atomic E-state index is 12.0. The molecule has 0 saturated heterocycles. The van der Waals surface area contributed by atoms with Gasteiger partial charge in [-0.15, -0.1) is 13.2 Å². The molecule has 0 aliphatic heterocycles. The summed E-state index contributed by atoms with van der Waals surface area (Å²) >= 11 is 0. The number of aromatic carboxylic acids is 1. The number of benzene rings is 1. The van der Waals surface area contributed by atoms with Gasteiger partial charge < -0.3 is 14.6 Å². The summed E-state index contributed by atoms with van der Waals surface area (Å²) in [5.74, 6) is -3.36. The summed E-state index contributed by atoms with van der Waals surface area (Å²) in [6.45, 7) is 0. The van der Waals surface area contributed by atoms with Gasteiger partial charge in [-0.25, -0.2) is 4.79 Å². The minimum absolute atomic E-state index is 0.429. The number of nitrogens with zero attached hydrogens (tertiary/aromatic N) is 1. The molecule has 0 spiro atoms. The van der Waals surface area contributed by atoms with Gasteiger partial charge in [-0.1, -0.05) is 0 Å². The summed E-state index contributed by atoms with van der Waals surface area (Å²) in [5.41, 5.74) is -1.75. The van der Waals surface area contributed by atoms with Crippen molar-refractivity contribution in [2.75, 3.05) is 7.11 Å². The summed E-state index contributed by atoms with van der Waals surface area (Å²) in [5, 5.41) is 19.5. The van der Waals surface area contributed by atoms with Crippen LogP contribution in [0.1, 0.15) is 10.4 Å². The van der Waals surface area contributed by atoms with Gasteiger partial charge in [-0.3, -0.25) is 10.1 Å². The summed E-state index contributed by atoms with van der Waals surface area (Å²) < 4.78 is 44.0. The van der Waals surface area contributed by atoms with Crippen LogP contribution in [0.2, 0.25) is 0 Å². The Hall–Kier alpha value is -2.52. The van der Waals surface area contributed by atoms with E-state index >= 15 is 0 Å². The molecule has 0 heterocycles. The first kappa shape index (κ1) is 14.5. The van der Waals surface area contributed by atoms with E-state index in [1.165, 1.54) is 0 Å². The van der Waals surface area contributed by atoms with Crippen LogP contribution < -0.4 is 9.47 Å². The molecule has 1 rings (SSSR count). The van der Waals surface area contributed by atoms with Crippen molar-refractivity contribution in [3.63, 3.8) is 0 Å². The monoisotopic (exact) mass is 281 g/mol. The fourth-order valence-electron chi connectivity index (χ4n) is 1.29. The number of methoxy groups -OCH3 is 1. The van der Waals surface area contributed by atoms with Crippen LogP contribution in [-0.2, 0) is 0 Å². The summed E-state index contributed by atoms with van der Waals surface area (Å²) in [6, 6.07) is 0.917. The van der Waals surface area contributed by atoms with Gasteiger partial charge in [0, 0.05) is 0 Å². The van der Waals surface area contributed by atoms with Crippen LogP contribution >= 0.6 is 0 Å². The first-order chi connectivity index (χ1) is 8.65. The molecule has 104 valence electrons. The summed E-state index contributed by atoms with van der Waals surface area (Å²) in [4.78, 5) is 20.4. The fraction of sp³-hybridized carbons (Fsp3) is 0.222. The molecule has 1 aromatic carbocycles. The quantitative estimate of drug-likeness (QED) is 0.671. The highest BCUT2D eigenvalue weighted by atomic mass is 19.4. The fourth-order valence-corrected chi connectivity index (χ4v) is 1.29. The van der Waals surface area contributed by atoms with Crippen LogP contribution in [0.4, 0.5) is 18.9 Å². The average molecular weight is 281 g/mol. The van der Waals surface area contributed by atoms with Crippen molar-refractivity contribution in [2.45, 2.75) is 6.36 Å². The summed E-state index contributed by atoms with van der Waals surface area (Å²) in [7, 11) is 0.957. The van der Waals surface area contributed by atoms with Gasteiger partial charge >= 0.3 is 18.0 Å². The zero-order chi connectivity index (χ0) is 14.8. The molecule has 0 bridgehead atoms. The van der Waals surface area contributed by atoms with E-state index in [0.717, 1.165) is 7.11 Å². The second-order valence-corrected chi connectivity index (χ2v) is 3.13. The lowest BCUT2D eigenvalue weighted by Gasteiger charge is -2.11. The largest absolute Gasteiger partial charge is 0.573 e. The Morgan fingerprint density at radius 1 is 1.42 bits per heavy atom. The van der Waals surface area contributed by atoms with Crippen LogP contribution in [0.3, 0.4) is 0 Å². The molecular weight excluding hydrogens is 275 g/mol. The second kappa shape index (κ2) is 5.00. The maximum Gasteiger partial charge on any atom is 0.573 e. The van der Waals surface area contributed by atoms with Gasteiger partial charge in [0.2, 0.25) is 5.75 Å². The number of ether oxygens (including phenoxy) is 2. The summed E-state index contributed by atoms with van der Waals surface area (Å²) in [6.07, 6.45) is -5.10. The predicted octanol–water partition coefficient (Wildman–Crippen LogP) is 2.20. The van der Waals surface area contributed by atoms with Crippen molar-refractivity contribution >= 4 is 11.7 Å². The zero-order valence-electron chi connectivity index (χ0n) is 9.22. The minimum atomic E-state index is -5.10. The number of hydrogen-bond donors (Lipinski definition) is 1. The van der Waals surface area contributed by atoms with Crippen molar-refractivity contribution < 1.29 is 37.5 Å². The van der Waals surface area contributed by atoms with Crippen molar-refractivity contribution in [2.24, 2.45) is 0 Å². The molecule has 0 saturated carbocycles. The highest BCUT2D eigenvalue weighted by molar-refractivity contribution is 5.93. The molecule has 1 aromatic rings. The third-order valence-electron chi connectivity index (χ3n) is 1.91. The highest BCUT2D eigenvalue weighted by Gasteiger charge is 2.34. The van der Waals surface area contributed by atoms with Crippen molar-refractivity contribution in [1.82, 2.24) is 0 Å². The maximum absolute atomic E-state index is 12.0. The highest BCUT2D eigenvalue weighted by Crippen LogP contribution is 2.37. The molecular formula is C9H6F3NO6. The lowest BCUT2D eigenvalue weighted by atomic mass is 10.1. The van der Waals surface area contributed by atoms with Gasteiger partial charge in [-0.2, -0.15) is 0 Å². The van der Waals surface area contributed by atoms with E-state index in [1.54, 1.807) is 0 Å². The smallest absolute Gasteiger partial charge is 0.490 e. The van der Waals surface area contributed by atoms with Crippen LogP contribution in [0.5, 0.6) is 11.5 Å². The van der Waals surface area contributed by atoms with E-state index in [0.29, 0.717) is 12.1 Å². The Labute approximate surface area is 103 Å². The van der Waals surface area contributed by atoms with Crippen LogP contribution in [0.15, 0.2) is 12.1 Å². The molecule has 0 atom stereocenters. The average Bonchev–Trinajstić information content (AvgIpc) is 2.25. The van der Waals surface area contributed by atoms with E-state index in [4.69, 9.17) is 5.11 Å². The Balaban J connectivity index is 3.45. The van der Waals surface area contributed by atoms with E-state index in [-0.39, 0.29) is 0 Å². The third kappa shape index (κ3) is 3.47. The van der Waals surface area contributed by atoms with Crippen LogP contribution in [-0.4, -0.2) is 29.5 Å². The standard InChI is InChI=1S/C9H6F3NO6/c1-18-7-5(8(14)15)2-4(19-9(10,11)12)3-6(7)13(16)17/h2-3H,1H3,(H,14,15). The van der Waals surface area contributed by atoms with E-state index in [2.05, 4.69) is 9.47 Å². The molecule has 7 nitrogen and oxygen atoms in total. The third-order valence-corrected chi connectivity index (χ3v) is 1.91. The number of hydrogen-bond acceptors (Lipinski definition) is 5. The van der Waals surface area contributed by atoms with Gasteiger partial charge in [0.1, 0.15) is 11.3 Å².